The van der Waals surface area contributed by atoms with E-state index in [2.05, 4.69) is 20.3 Å². The SMILES string of the molecule is COCc1noc(-c2cn[nH]c2N)n1. The maximum absolute atomic E-state index is 5.58. The standard InChI is InChI=1S/C7H9N5O2/c1-13-3-5-10-7(14-12-5)4-2-9-11-6(4)8/h2H,3H2,1H3,(H3,8,9,11). The van der Waals surface area contributed by atoms with Crippen molar-refractivity contribution >= 4 is 5.82 Å². The van der Waals surface area contributed by atoms with Gasteiger partial charge in [0.15, 0.2) is 5.82 Å². The minimum Gasteiger partial charge on any atom is -0.383 e. The van der Waals surface area contributed by atoms with E-state index in [4.69, 9.17) is 15.0 Å². The molecule has 74 valence electrons. The zero-order valence-corrected chi connectivity index (χ0v) is 7.52. The van der Waals surface area contributed by atoms with Gasteiger partial charge in [-0.3, -0.25) is 5.10 Å². The smallest absolute Gasteiger partial charge is 0.263 e. The van der Waals surface area contributed by atoms with E-state index in [1.807, 2.05) is 0 Å². The van der Waals surface area contributed by atoms with Crippen molar-refractivity contribution in [2.24, 2.45) is 0 Å². The number of anilines is 1. The number of methoxy groups -OCH3 is 1. The molecular formula is C7H9N5O2. The number of aromatic amines is 1. The molecule has 0 spiro atoms. The van der Waals surface area contributed by atoms with Crippen LogP contribution in [0.15, 0.2) is 10.7 Å². The fourth-order valence-corrected chi connectivity index (χ4v) is 1.02. The maximum Gasteiger partial charge on any atom is 0.263 e. The summed E-state index contributed by atoms with van der Waals surface area (Å²) in [6, 6.07) is 0. The Balaban J connectivity index is 2.29. The van der Waals surface area contributed by atoms with Crippen molar-refractivity contribution in [1.29, 1.82) is 0 Å². The second-order valence-electron chi connectivity index (χ2n) is 2.65. The first-order valence-corrected chi connectivity index (χ1v) is 3.92. The molecule has 3 N–H and O–H groups in total. The van der Waals surface area contributed by atoms with Crippen LogP contribution in [0.5, 0.6) is 0 Å². The van der Waals surface area contributed by atoms with Crippen molar-refractivity contribution in [2.75, 3.05) is 12.8 Å². The molecule has 0 aliphatic heterocycles. The lowest BCUT2D eigenvalue weighted by Crippen LogP contribution is -1.90. The van der Waals surface area contributed by atoms with Gasteiger partial charge in [0, 0.05) is 7.11 Å². The molecule has 0 atom stereocenters. The van der Waals surface area contributed by atoms with Crippen molar-refractivity contribution in [2.45, 2.75) is 6.61 Å². The predicted octanol–water partition coefficient (Wildman–Crippen LogP) is 0.188. The maximum atomic E-state index is 5.58. The van der Waals surface area contributed by atoms with Crippen LogP contribution in [-0.4, -0.2) is 27.4 Å². The number of nitrogens with one attached hydrogen (secondary N) is 1. The second kappa shape index (κ2) is 3.46. The summed E-state index contributed by atoms with van der Waals surface area (Å²) >= 11 is 0. The Bertz CT molecular complexity index is 421. The zero-order valence-electron chi connectivity index (χ0n) is 7.52. The van der Waals surface area contributed by atoms with Gasteiger partial charge in [-0.05, 0) is 0 Å². The van der Waals surface area contributed by atoms with Crippen LogP contribution in [0, 0.1) is 0 Å². The van der Waals surface area contributed by atoms with E-state index in [-0.39, 0.29) is 0 Å². The lowest BCUT2D eigenvalue weighted by atomic mass is 10.3. The normalized spacial score (nSPS) is 10.6. The largest absolute Gasteiger partial charge is 0.383 e. The van der Waals surface area contributed by atoms with Crippen LogP contribution in [0.25, 0.3) is 11.5 Å². The van der Waals surface area contributed by atoms with Crippen LogP contribution < -0.4 is 5.73 Å². The number of nitrogens with zero attached hydrogens (tertiary/aromatic N) is 3. The van der Waals surface area contributed by atoms with Gasteiger partial charge in [0.25, 0.3) is 5.89 Å². The van der Waals surface area contributed by atoms with E-state index in [1.165, 1.54) is 6.20 Å². The third-order valence-electron chi connectivity index (χ3n) is 1.64. The molecule has 2 heterocycles. The van der Waals surface area contributed by atoms with Crippen LogP contribution in [-0.2, 0) is 11.3 Å². The summed E-state index contributed by atoms with van der Waals surface area (Å²) in [5.41, 5.74) is 6.18. The molecule has 2 rings (SSSR count). The van der Waals surface area contributed by atoms with Gasteiger partial charge >= 0.3 is 0 Å². The first-order chi connectivity index (χ1) is 6.81. The first kappa shape index (κ1) is 8.70. The fourth-order valence-electron chi connectivity index (χ4n) is 1.02. The van der Waals surface area contributed by atoms with Gasteiger partial charge in [0.2, 0.25) is 0 Å². The third kappa shape index (κ3) is 1.44. The number of hydrogen-bond acceptors (Lipinski definition) is 6. The Morgan fingerprint density at radius 1 is 1.64 bits per heavy atom. The molecule has 0 unspecified atom stereocenters. The highest BCUT2D eigenvalue weighted by molar-refractivity contribution is 5.65. The van der Waals surface area contributed by atoms with Gasteiger partial charge in [0.05, 0.1) is 6.20 Å². The average Bonchev–Trinajstić information content (AvgIpc) is 2.74. The molecule has 7 heteroatoms. The summed E-state index contributed by atoms with van der Waals surface area (Å²) in [6.45, 7) is 0.307. The van der Waals surface area contributed by atoms with Gasteiger partial charge in [-0.15, -0.1) is 0 Å². The molecule has 0 bridgehead atoms. The molecule has 0 aliphatic rings. The highest BCUT2D eigenvalue weighted by Gasteiger charge is 2.12. The van der Waals surface area contributed by atoms with Crippen molar-refractivity contribution < 1.29 is 9.26 Å². The number of aromatic nitrogens is 4. The molecule has 0 amide bonds. The van der Waals surface area contributed by atoms with Crippen LogP contribution in [0.1, 0.15) is 5.82 Å². The van der Waals surface area contributed by atoms with Gasteiger partial charge in [-0.1, -0.05) is 5.16 Å². The van der Waals surface area contributed by atoms with Gasteiger partial charge in [-0.2, -0.15) is 10.1 Å². The van der Waals surface area contributed by atoms with E-state index in [0.717, 1.165) is 0 Å². The van der Waals surface area contributed by atoms with Gasteiger partial charge in [0.1, 0.15) is 18.0 Å². The highest BCUT2D eigenvalue weighted by atomic mass is 16.5. The zero-order chi connectivity index (χ0) is 9.97. The van der Waals surface area contributed by atoms with Crippen molar-refractivity contribution in [1.82, 2.24) is 20.3 Å². The molecule has 0 saturated heterocycles. The molecule has 0 radical (unpaired) electrons. The molecule has 7 nitrogen and oxygen atoms in total. The second-order valence-corrected chi connectivity index (χ2v) is 2.65. The highest BCUT2D eigenvalue weighted by Crippen LogP contribution is 2.21. The summed E-state index contributed by atoms with van der Waals surface area (Å²) in [5.74, 6) is 1.21. The Kier molecular flexibility index (Phi) is 2.15. The summed E-state index contributed by atoms with van der Waals surface area (Å²) in [5, 5.41) is 10.0. The number of ether oxygens (including phenoxy) is 1. The minimum absolute atomic E-state index is 0.307. The predicted molar refractivity (Wildman–Crippen MR) is 47.0 cm³/mol. The Hall–Kier alpha value is -1.89. The summed E-state index contributed by atoms with van der Waals surface area (Å²) in [7, 11) is 1.56. The molecule has 0 saturated carbocycles. The summed E-state index contributed by atoms with van der Waals surface area (Å²) in [6.07, 6.45) is 1.53. The Morgan fingerprint density at radius 2 is 2.50 bits per heavy atom. The van der Waals surface area contributed by atoms with Crippen molar-refractivity contribution in [3.63, 3.8) is 0 Å². The van der Waals surface area contributed by atoms with Crippen molar-refractivity contribution in [3.05, 3.63) is 12.0 Å². The van der Waals surface area contributed by atoms with E-state index >= 15 is 0 Å². The molecule has 0 aliphatic carbocycles. The van der Waals surface area contributed by atoms with Crippen molar-refractivity contribution in [3.8, 4) is 11.5 Å². The summed E-state index contributed by atoms with van der Waals surface area (Å²) < 4.78 is 9.81. The number of nitrogens with two attached hydrogens (primary N) is 1. The molecule has 14 heavy (non-hydrogen) atoms. The topological polar surface area (TPSA) is 103 Å². The van der Waals surface area contributed by atoms with Crippen LogP contribution in [0.2, 0.25) is 0 Å². The molecular weight excluding hydrogens is 186 g/mol. The fraction of sp³-hybridized carbons (Fsp3) is 0.286. The average molecular weight is 195 g/mol. The molecule has 2 aromatic rings. The number of H-pyrrole nitrogens is 1. The number of nitrogen functional groups attached to an aromatic ring is 1. The third-order valence-corrected chi connectivity index (χ3v) is 1.64. The van der Waals surface area contributed by atoms with E-state index in [1.54, 1.807) is 7.11 Å². The molecule has 0 fully saturated rings. The lowest BCUT2D eigenvalue weighted by Gasteiger charge is -1.88. The summed E-state index contributed by atoms with van der Waals surface area (Å²) in [4.78, 5) is 4.06. The van der Waals surface area contributed by atoms with E-state index in [9.17, 15) is 0 Å². The minimum atomic E-state index is 0.307. The van der Waals surface area contributed by atoms with E-state index in [0.29, 0.717) is 29.7 Å². The van der Waals surface area contributed by atoms with E-state index < -0.39 is 0 Å². The quantitative estimate of drug-likeness (QED) is 0.724. The number of rotatable bonds is 3. The van der Waals surface area contributed by atoms with Gasteiger partial charge < -0.3 is 15.0 Å². The first-order valence-electron chi connectivity index (χ1n) is 3.92. The van der Waals surface area contributed by atoms with Crippen LogP contribution in [0.3, 0.4) is 0 Å². The number of hydrogen-bond donors (Lipinski definition) is 2. The monoisotopic (exact) mass is 195 g/mol. The lowest BCUT2D eigenvalue weighted by molar-refractivity contribution is 0.174. The Labute approximate surface area is 79.3 Å². The van der Waals surface area contributed by atoms with Gasteiger partial charge in [-0.25, -0.2) is 0 Å². The van der Waals surface area contributed by atoms with Crippen LogP contribution >= 0.6 is 0 Å². The molecule has 2 aromatic heterocycles. The Morgan fingerprint density at radius 3 is 3.14 bits per heavy atom. The molecule has 0 aromatic carbocycles. The van der Waals surface area contributed by atoms with Crippen LogP contribution in [0.4, 0.5) is 5.82 Å².